The van der Waals surface area contributed by atoms with E-state index in [1.807, 2.05) is 23.0 Å². The summed E-state index contributed by atoms with van der Waals surface area (Å²) in [7, 11) is 0. The lowest BCUT2D eigenvalue weighted by atomic mass is 10.0. The molecule has 3 heteroatoms. The number of rotatable bonds is 5. The first-order chi connectivity index (χ1) is 10.3. The highest BCUT2D eigenvalue weighted by atomic mass is 16.3. The number of aliphatic hydroxyl groups excluding tert-OH is 1. The number of aromatic nitrogens is 2. The van der Waals surface area contributed by atoms with Crippen molar-refractivity contribution in [3.05, 3.63) is 66.0 Å². The Bertz CT molecular complexity index is 733. The van der Waals surface area contributed by atoms with Gasteiger partial charge in [-0.15, -0.1) is 0 Å². The van der Waals surface area contributed by atoms with E-state index in [-0.39, 0.29) is 0 Å². The molecule has 3 nitrogen and oxygen atoms in total. The summed E-state index contributed by atoms with van der Waals surface area (Å²) in [6.45, 7) is 3.01. The van der Waals surface area contributed by atoms with Gasteiger partial charge in [-0.2, -0.15) is 5.10 Å². The molecule has 0 saturated heterocycles. The Hall–Kier alpha value is -2.13. The quantitative estimate of drug-likeness (QED) is 0.773. The summed E-state index contributed by atoms with van der Waals surface area (Å²) in [6, 6.07) is 14.6. The van der Waals surface area contributed by atoms with Crippen molar-refractivity contribution in [2.45, 2.75) is 32.4 Å². The molecule has 21 heavy (non-hydrogen) atoms. The van der Waals surface area contributed by atoms with Gasteiger partial charge in [0.15, 0.2) is 0 Å². The molecule has 0 bridgehead atoms. The second-order valence-electron chi connectivity index (χ2n) is 5.44. The van der Waals surface area contributed by atoms with Crippen LogP contribution in [0, 0.1) is 0 Å². The van der Waals surface area contributed by atoms with Crippen molar-refractivity contribution in [3.8, 4) is 0 Å². The molecule has 1 atom stereocenters. The van der Waals surface area contributed by atoms with Gasteiger partial charge < -0.3 is 5.11 Å². The summed E-state index contributed by atoms with van der Waals surface area (Å²) >= 11 is 0. The molecule has 0 amide bonds. The Morgan fingerprint density at radius 3 is 2.76 bits per heavy atom. The highest BCUT2D eigenvalue weighted by Gasteiger charge is 2.11. The summed E-state index contributed by atoms with van der Waals surface area (Å²) in [5.41, 5.74) is 2.03. The molecule has 0 aliphatic carbocycles. The highest BCUT2D eigenvalue weighted by Crippen LogP contribution is 2.21. The van der Waals surface area contributed by atoms with Crippen LogP contribution in [0.25, 0.3) is 10.8 Å². The summed E-state index contributed by atoms with van der Waals surface area (Å²) in [5.74, 6) is 0. The molecule has 1 aromatic heterocycles. The van der Waals surface area contributed by atoms with E-state index in [0.29, 0.717) is 6.42 Å². The minimum Gasteiger partial charge on any atom is -0.388 e. The van der Waals surface area contributed by atoms with Crippen LogP contribution in [0.3, 0.4) is 0 Å². The third-order valence-electron chi connectivity index (χ3n) is 3.73. The predicted molar refractivity (Wildman–Crippen MR) is 85.1 cm³/mol. The number of hydrogen-bond acceptors (Lipinski definition) is 2. The van der Waals surface area contributed by atoms with Gasteiger partial charge in [-0.25, -0.2) is 0 Å². The van der Waals surface area contributed by atoms with Gasteiger partial charge in [0.25, 0.3) is 0 Å². The summed E-state index contributed by atoms with van der Waals surface area (Å²) < 4.78 is 1.89. The fourth-order valence-corrected chi connectivity index (χ4v) is 2.61. The number of aryl methyl sites for hydroxylation is 1. The van der Waals surface area contributed by atoms with Crippen LogP contribution in [0.4, 0.5) is 0 Å². The Labute approximate surface area is 124 Å². The van der Waals surface area contributed by atoms with Crippen molar-refractivity contribution < 1.29 is 5.11 Å². The van der Waals surface area contributed by atoms with Gasteiger partial charge in [-0.3, -0.25) is 4.68 Å². The van der Waals surface area contributed by atoms with Gasteiger partial charge in [-0.05, 0) is 22.8 Å². The molecular formula is C18H20N2O. The molecule has 1 unspecified atom stereocenters. The zero-order valence-electron chi connectivity index (χ0n) is 12.2. The Morgan fingerprint density at radius 1 is 1.14 bits per heavy atom. The van der Waals surface area contributed by atoms with Gasteiger partial charge in [-0.1, -0.05) is 49.4 Å². The van der Waals surface area contributed by atoms with Crippen molar-refractivity contribution >= 4 is 10.8 Å². The normalized spacial score (nSPS) is 12.7. The molecule has 1 heterocycles. The number of nitrogens with zero attached hydrogens (tertiary/aromatic N) is 2. The number of fused-ring (bicyclic) bond motifs is 1. The van der Waals surface area contributed by atoms with E-state index in [1.165, 1.54) is 10.8 Å². The van der Waals surface area contributed by atoms with Crippen LogP contribution < -0.4 is 0 Å². The molecule has 0 aliphatic heterocycles. The van der Waals surface area contributed by atoms with Gasteiger partial charge >= 0.3 is 0 Å². The average Bonchev–Trinajstić information content (AvgIpc) is 2.96. The molecule has 3 aromatic rings. The minimum atomic E-state index is -0.503. The summed E-state index contributed by atoms with van der Waals surface area (Å²) in [5, 5.41) is 17.1. The third-order valence-corrected chi connectivity index (χ3v) is 3.73. The standard InChI is InChI=1S/C18H20N2O/c1-2-9-20-13-17(12-19-20)18(21)11-14-7-8-15-5-3-4-6-16(15)10-14/h3-8,10,12-13,18,21H,2,9,11H2,1H3. The van der Waals surface area contributed by atoms with E-state index in [1.54, 1.807) is 6.20 Å². The van der Waals surface area contributed by atoms with Crippen LogP contribution in [0.2, 0.25) is 0 Å². The minimum absolute atomic E-state index is 0.503. The zero-order valence-corrected chi connectivity index (χ0v) is 12.2. The van der Waals surface area contributed by atoms with Gasteiger partial charge in [0.2, 0.25) is 0 Å². The lowest BCUT2D eigenvalue weighted by Gasteiger charge is -2.09. The van der Waals surface area contributed by atoms with Gasteiger partial charge in [0.1, 0.15) is 0 Å². The number of hydrogen-bond donors (Lipinski definition) is 1. The first-order valence-corrected chi connectivity index (χ1v) is 7.44. The van der Waals surface area contributed by atoms with E-state index >= 15 is 0 Å². The van der Waals surface area contributed by atoms with Crippen molar-refractivity contribution in [3.63, 3.8) is 0 Å². The molecule has 0 spiro atoms. The second-order valence-corrected chi connectivity index (χ2v) is 5.44. The van der Waals surface area contributed by atoms with Crippen molar-refractivity contribution in [1.82, 2.24) is 9.78 Å². The van der Waals surface area contributed by atoms with Crippen molar-refractivity contribution in [2.24, 2.45) is 0 Å². The maximum absolute atomic E-state index is 10.4. The molecule has 1 N–H and O–H groups in total. The van der Waals surface area contributed by atoms with Crippen molar-refractivity contribution in [2.75, 3.05) is 0 Å². The topological polar surface area (TPSA) is 38.0 Å². The average molecular weight is 280 g/mol. The zero-order chi connectivity index (χ0) is 14.7. The predicted octanol–water partition coefficient (Wildman–Crippen LogP) is 3.72. The van der Waals surface area contributed by atoms with Crippen LogP contribution in [-0.2, 0) is 13.0 Å². The van der Waals surface area contributed by atoms with Gasteiger partial charge in [0.05, 0.1) is 12.3 Å². The molecule has 2 aromatic carbocycles. The molecule has 3 rings (SSSR count). The molecule has 0 radical (unpaired) electrons. The smallest absolute Gasteiger partial charge is 0.0860 e. The Balaban J connectivity index is 1.76. The maximum atomic E-state index is 10.4. The molecule has 0 saturated carbocycles. The van der Waals surface area contributed by atoms with E-state index in [0.717, 1.165) is 24.1 Å². The summed E-state index contributed by atoms with van der Waals surface area (Å²) in [4.78, 5) is 0. The number of benzene rings is 2. The largest absolute Gasteiger partial charge is 0.388 e. The maximum Gasteiger partial charge on any atom is 0.0860 e. The van der Waals surface area contributed by atoms with Crippen molar-refractivity contribution in [1.29, 1.82) is 0 Å². The van der Waals surface area contributed by atoms with E-state index in [2.05, 4.69) is 42.4 Å². The fourth-order valence-electron chi connectivity index (χ4n) is 2.61. The molecule has 108 valence electrons. The first-order valence-electron chi connectivity index (χ1n) is 7.44. The first kappa shape index (κ1) is 13.8. The van der Waals surface area contributed by atoms with Crippen LogP contribution in [-0.4, -0.2) is 14.9 Å². The molecule has 0 aliphatic rings. The summed E-state index contributed by atoms with van der Waals surface area (Å²) in [6.07, 6.45) is 4.86. The van der Waals surface area contributed by atoms with Gasteiger partial charge in [0, 0.05) is 24.7 Å². The molecular weight excluding hydrogens is 260 g/mol. The van der Waals surface area contributed by atoms with Crippen LogP contribution in [0.15, 0.2) is 54.9 Å². The lowest BCUT2D eigenvalue weighted by Crippen LogP contribution is -2.01. The lowest BCUT2D eigenvalue weighted by molar-refractivity contribution is 0.178. The second kappa shape index (κ2) is 6.10. The Morgan fingerprint density at radius 2 is 1.95 bits per heavy atom. The monoisotopic (exact) mass is 280 g/mol. The van der Waals surface area contributed by atoms with E-state index in [9.17, 15) is 5.11 Å². The van der Waals surface area contributed by atoms with Crippen LogP contribution in [0.5, 0.6) is 0 Å². The Kier molecular flexibility index (Phi) is 4.02. The third kappa shape index (κ3) is 3.14. The fraction of sp³-hybridized carbons (Fsp3) is 0.278. The molecule has 0 fully saturated rings. The van der Waals surface area contributed by atoms with Crippen LogP contribution >= 0.6 is 0 Å². The van der Waals surface area contributed by atoms with Crippen LogP contribution in [0.1, 0.15) is 30.6 Å². The highest BCUT2D eigenvalue weighted by molar-refractivity contribution is 5.82. The number of aliphatic hydroxyl groups is 1. The van der Waals surface area contributed by atoms with E-state index in [4.69, 9.17) is 0 Å². The SMILES string of the molecule is CCCn1cc(C(O)Cc2ccc3ccccc3c2)cn1. The van der Waals surface area contributed by atoms with E-state index < -0.39 is 6.10 Å².